The van der Waals surface area contributed by atoms with E-state index in [1.54, 1.807) is 12.1 Å². The number of rotatable bonds is 8. The van der Waals surface area contributed by atoms with Crippen molar-refractivity contribution in [3.8, 4) is 0 Å². The zero-order chi connectivity index (χ0) is 19.1. The molecule has 1 atom stereocenters. The smallest absolute Gasteiger partial charge is 0.276 e. The highest BCUT2D eigenvalue weighted by atomic mass is 127. The number of hydrogen-bond donors (Lipinski definition) is 3. The van der Waals surface area contributed by atoms with Crippen LogP contribution >= 0.6 is 34.2 Å². The summed E-state index contributed by atoms with van der Waals surface area (Å²) in [5, 5.41) is 12.9. The van der Waals surface area contributed by atoms with E-state index in [0.29, 0.717) is 23.6 Å². The first kappa shape index (κ1) is 20.9. The molecule has 0 aliphatic heterocycles. The highest BCUT2D eigenvalue weighted by molar-refractivity contribution is 14.1. The van der Waals surface area contributed by atoms with Crippen LogP contribution in [0.25, 0.3) is 0 Å². The van der Waals surface area contributed by atoms with Gasteiger partial charge >= 0.3 is 0 Å². The SMILES string of the molecule is CCC(O)CCONC(=O)c1ccc(F)cc1Nc1ccc(I)cc1Cl. The minimum absolute atomic E-state index is 0.174. The van der Waals surface area contributed by atoms with E-state index in [2.05, 4.69) is 33.4 Å². The normalized spacial score (nSPS) is 11.9. The molecule has 0 saturated carbocycles. The van der Waals surface area contributed by atoms with Crippen molar-refractivity contribution in [3.05, 3.63) is 56.4 Å². The molecule has 0 fully saturated rings. The molecule has 0 aliphatic carbocycles. The van der Waals surface area contributed by atoms with Gasteiger partial charge in [0.1, 0.15) is 5.82 Å². The van der Waals surface area contributed by atoms with Crippen LogP contribution in [0.1, 0.15) is 30.1 Å². The number of hydroxylamine groups is 1. The van der Waals surface area contributed by atoms with Crippen LogP contribution in [0, 0.1) is 9.39 Å². The monoisotopic (exact) mass is 492 g/mol. The van der Waals surface area contributed by atoms with Crippen LogP contribution in [0.2, 0.25) is 5.02 Å². The maximum atomic E-state index is 13.6. The van der Waals surface area contributed by atoms with Gasteiger partial charge in [-0.2, -0.15) is 0 Å². The number of halogens is 3. The number of carbonyl (C=O) groups is 1. The Morgan fingerprint density at radius 1 is 1.31 bits per heavy atom. The van der Waals surface area contributed by atoms with Gasteiger partial charge in [0.15, 0.2) is 0 Å². The standard InChI is InChI=1S/C18H19ClFIN2O3/c1-2-13(24)7-8-26-23-18(25)14-5-3-11(20)9-17(14)22-16-6-4-12(21)10-15(16)19/h3-6,9-10,13,22,24H,2,7-8H2,1H3,(H,23,25). The molecule has 2 rings (SSSR count). The number of aliphatic hydroxyl groups excluding tert-OH is 1. The maximum absolute atomic E-state index is 13.6. The predicted octanol–water partition coefficient (Wildman–Crippen LogP) is 4.65. The molecule has 0 aliphatic rings. The Balaban J connectivity index is 2.10. The van der Waals surface area contributed by atoms with Gasteiger partial charge in [-0.3, -0.25) is 9.63 Å². The van der Waals surface area contributed by atoms with Gasteiger partial charge in [0.2, 0.25) is 0 Å². The molecule has 1 amide bonds. The summed E-state index contributed by atoms with van der Waals surface area (Å²) in [4.78, 5) is 17.4. The van der Waals surface area contributed by atoms with Gasteiger partial charge in [0.25, 0.3) is 5.91 Å². The van der Waals surface area contributed by atoms with Crippen LogP contribution in [0.4, 0.5) is 15.8 Å². The van der Waals surface area contributed by atoms with Gasteiger partial charge in [0, 0.05) is 3.57 Å². The lowest BCUT2D eigenvalue weighted by molar-refractivity contribution is 0.0161. The minimum Gasteiger partial charge on any atom is -0.393 e. The zero-order valence-electron chi connectivity index (χ0n) is 14.1. The van der Waals surface area contributed by atoms with Crippen molar-refractivity contribution in [2.45, 2.75) is 25.9 Å². The van der Waals surface area contributed by atoms with Crippen molar-refractivity contribution in [2.75, 3.05) is 11.9 Å². The van der Waals surface area contributed by atoms with E-state index in [1.165, 1.54) is 18.2 Å². The van der Waals surface area contributed by atoms with E-state index >= 15 is 0 Å². The topological polar surface area (TPSA) is 70.6 Å². The molecule has 0 heterocycles. The molecule has 0 bridgehead atoms. The quantitative estimate of drug-likeness (QED) is 0.285. The molecule has 140 valence electrons. The molecule has 0 spiro atoms. The van der Waals surface area contributed by atoms with Crippen molar-refractivity contribution in [2.24, 2.45) is 0 Å². The summed E-state index contributed by atoms with van der Waals surface area (Å²) >= 11 is 8.32. The number of aliphatic hydroxyl groups is 1. The Hall–Kier alpha value is -1.42. The lowest BCUT2D eigenvalue weighted by Gasteiger charge is -2.14. The molecule has 8 heteroatoms. The van der Waals surface area contributed by atoms with Gasteiger partial charge in [-0.1, -0.05) is 18.5 Å². The van der Waals surface area contributed by atoms with Gasteiger partial charge in [-0.25, -0.2) is 9.87 Å². The second-order valence-corrected chi connectivity index (χ2v) is 7.22. The molecule has 1 unspecified atom stereocenters. The third-order valence-electron chi connectivity index (χ3n) is 3.62. The van der Waals surface area contributed by atoms with E-state index in [-0.39, 0.29) is 17.9 Å². The third kappa shape index (κ3) is 6.08. The highest BCUT2D eigenvalue weighted by Crippen LogP contribution is 2.29. The molecule has 2 aromatic rings. The van der Waals surface area contributed by atoms with Crippen LogP contribution in [-0.4, -0.2) is 23.7 Å². The summed E-state index contributed by atoms with van der Waals surface area (Å²) in [6.45, 7) is 2.03. The van der Waals surface area contributed by atoms with Gasteiger partial charge in [-0.05, 0) is 71.8 Å². The van der Waals surface area contributed by atoms with Crippen LogP contribution < -0.4 is 10.8 Å². The lowest BCUT2D eigenvalue weighted by Crippen LogP contribution is -2.26. The molecule has 5 nitrogen and oxygen atoms in total. The third-order valence-corrected chi connectivity index (χ3v) is 4.60. The summed E-state index contributed by atoms with van der Waals surface area (Å²) in [5.41, 5.74) is 3.33. The van der Waals surface area contributed by atoms with Crippen LogP contribution in [0.15, 0.2) is 36.4 Å². The summed E-state index contributed by atoms with van der Waals surface area (Å²) in [6, 6.07) is 9.11. The fourth-order valence-electron chi connectivity index (χ4n) is 2.12. The zero-order valence-corrected chi connectivity index (χ0v) is 17.0. The van der Waals surface area contributed by atoms with Crippen molar-refractivity contribution < 1.29 is 19.1 Å². The van der Waals surface area contributed by atoms with E-state index < -0.39 is 17.8 Å². The predicted molar refractivity (Wildman–Crippen MR) is 108 cm³/mol. The Labute approximate surface area is 170 Å². The molecule has 0 aromatic heterocycles. The second kappa shape index (κ2) is 10.1. The van der Waals surface area contributed by atoms with Gasteiger partial charge < -0.3 is 10.4 Å². The van der Waals surface area contributed by atoms with Crippen molar-refractivity contribution in [3.63, 3.8) is 0 Å². The summed E-state index contributed by atoms with van der Waals surface area (Å²) < 4.78 is 14.6. The fourth-order valence-corrected chi connectivity index (χ4v) is 3.03. The Morgan fingerprint density at radius 3 is 2.77 bits per heavy atom. The molecular weight excluding hydrogens is 474 g/mol. The highest BCUT2D eigenvalue weighted by Gasteiger charge is 2.14. The Morgan fingerprint density at radius 2 is 2.08 bits per heavy atom. The van der Waals surface area contributed by atoms with E-state index in [9.17, 15) is 14.3 Å². The van der Waals surface area contributed by atoms with E-state index in [1.807, 2.05) is 13.0 Å². The largest absolute Gasteiger partial charge is 0.393 e. The number of anilines is 2. The fraction of sp³-hybridized carbons (Fsp3) is 0.278. The Kier molecular flexibility index (Phi) is 8.08. The first-order chi connectivity index (χ1) is 12.4. The van der Waals surface area contributed by atoms with Gasteiger partial charge in [-0.15, -0.1) is 0 Å². The first-order valence-corrected chi connectivity index (χ1v) is 9.48. The maximum Gasteiger partial charge on any atom is 0.276 e. The molecule has 26 heavy (non-hydrogen) atoms. The van der Waals surface area contributed by atoms with E-state index in [0.717, 1.165) is 3.57 Å². The Bertz CT molecular complexity index is 776. The molecule has 0 radical (unpaired) electrons. The summed E-state index contributed by atoms with van der Waals surface area (Å²) in [6.07, 6.45) is 0.543. The van der Waals surface area contributed by atoms with E-state index in [4.69, 9.17) is 16.4 Å². The van der Waals surface area contributed by atoms with Crippen molar-refractivity contribution in [1.29, 1.82) is 0 Å². The number of nitrogens with one attached hydrogen (secondary N) is 2. The van der Waals surface area contributed by atoms with Crippen molar-refractivity contribution in [1.82, 2.24) is 5.48 Å². The second-order valence-electron chi connectivity index (χ2n) is 5.57. The van der Waals surface area contributed by atoms with Crippen LogP contribution in [0.3, 0.4) is 0 Å². The van der Waals surface area contributed by atoms with Crippen LogP contribution in [0.5, 0.6) is 0 Å². The summed E-state index contributed by atoms with van der Waals surface area (Å²) in [5.74, 6) is -1.02. The number of amides is 1. The van der Waals surface area contributed by atoms with Crippen molar-refractivity contribution >= 4 is 51.5 Å². The molecule has 2 aromatic carbocycles. The number of benzene rings is 2. The average Bonchev–Trinajstić information content (AvgIpc) is 2.60. The first-order valence-electron chi connectivity index (χ1n) is 8.02. The average molecular weight is 493 g/mol. The minimum atomic E-state index is -0.528. The van der Waals surface area contributed by atoms with Gasteiger partial charge in [0.05, 0.1) is 34.7 Å². The molecular formula is C18H19ClFIN2O3. The molecule has 3 N–H and O–H groups in total. The number of hydrogen-bond acceptors (Lipinski definition) is 4. The van der Waals surface area contributed by atoms with Crippen LogP contribution in [-0.2, 0) is 4.84 Å². The summed E-state index contributed by atoms with van der Waals surface area (Å²) in [7, 11) is 0. The molecule has 0 saturated heterocycles. The lowest BCUT2D eigenvalue weighted by atomic mass is 10.1. The number of carbonyl (C=O) groups excluding carboxylic acids is 1.